The van der Waals surface area contributed by atoms with Gasteiger partial charge in [0.1, 0.15) is 11.5 Å². The van der Waals surface area contributed by atoms with Crippen molar-refractivity contribution >= 4 is 11.5 Å². The predicted octanol–water partition coefficient (Wildman–Crippen LogP) is 2.97. The van der Waals surface area contributed by atoms with Gasteiger partial charge in [-0.25, -0.2) is 19.9 Å². The van der Waals surface area contributed by atoms with E-state index in [-0.39, 0.29) is 17.4 Å². The second-order valence-corrected chi connectivity index (χ2v) is 6.95. The molecular weight excluding hydrogens is 401 g/mol. The number of alkyl halides is 3. The zero-order valence-electron chi connectivity index (χ0n) is 15.5. The normalized spacial score (nSPS) is 17.6. The number of piperidine rings is 1. The third kappa shape index (κ3) is 3.33. The Labute approximate surface area is 167 Å². The van der Waals surface area contributed by atoms with Gasteiger partial charge in [0.2, 0.25) is 5.89 Å². The molecule has 154 valence electrons. The minimum absolute atomic E-state index is 0.0934. The van der Waals surface area contributed by atoms with E-state index in [4.69, 9.17) is 4.52 Å². The molecule has 9 nitrogen and oxygen atoms in total. The van der Waals surface area contributed by atoms with Crippen molar-refractivity contribution in [3.8, 4) is 11.5 Å². The minimum atomic E-state index is -4.56. The highest BCUT2D eigenvalue weighted by molar-refractivity contribution is 5.58. The van der Waals surface area contributed by atoms with Gasteiger partial charge in [-0.15, -0.1) is 0 Å². The van der Waals surface area contributed by atoms with E-state index in [1.165, 1.54) is 16.9 Å². The highest BCUT2D eigenvalue weighted by atomic mass is 19.4. The number of anilines is 1. The number of hydrogen-bond acceptors (Lipinski definition) is 8. The molecule has 0 aromatic carbocycles. The standard InChI is InChI=1S/C18H15F3N8O/c19-18(20,21)13-9-29-12(6-24-15(29)7-23-13)16-22-4-3-14(27-16)28-5-1-2-11(8-28)17-25-10-26-30-17/h3-4,6-7,9-11H,1-2,5,8H2. The van der Waals surface area contributed by atoms with Crippen LogP contribution in [0.25, 0.3) is 17.2 Å². The van der Waals surface area contributed by atoms with Crippen LogP contribution < -0.4 is 4.90 Å². The monoisotopic (exact) mass is 416 g/mol. The second kappa shape index (κ2) is 7.04. The fourth-order valence-electron chi connectivity index (χ4n) is 3.60. The van der Waals surface area contributed by atoms with Crippen LogP contribution in [0.5, 0.6) is 0 Å². The number of rotatable bonds is 3. The van der Waals surface area contributed by atoms with Crippen LogP contribution in [-0.2, 0) is 6.18 Å². The topological polar surface area (TPSA) is 98.1 Å². The van der Waals surface area contributed by atoms with Gasteiger partial charge in [0, 0.05) is 25.5 Å². The Morgan fingerprint density at radius 1 is 1.10 bits per heavy atom. The fraction of sp³-hybridized carbons (Fsp3) is 0.333. The van der Waals surface area contributed by atoms with Gasteiger partial charge in [0.25, 0.3) is 0 Å². The molecule has 4 aromatic heterocycles. The third-order valence-corrected chi connectivity index (χ3v) is 5.03. The zero-order chi connectivity index (χ0) is 20.7. The Balaban J connectivity index is 1.48. The van der Waals surface area contributed by atoms with E-state index >= 15 is 0 Å². The molecule has 1 saturated heterocycles. The van der Waals surface area contributed by atoms with Gasteiger partial charge in [-0.1, -0.05) is 5.16 Å². The van der Waals surface area contributed by atoms with E-state index in [1.807, 2.05) is 0 Å². The van der Waals surface area contributed by atoms with Crippen molar-refractivity contribution in [2.45, 2.75) is 24.9 Å². The van der Waals surface area contributed by atoms with Crippen LogP contribution >= 0.6 is 0 Å². The van der Waals surface area contributed by atoms with E-state index in [0.29, 0.717) is 23.9 Å². The molecule has 4 aromatic rings. The average Bonchev–Trinajstić information content (AvgIpc) is 3.43. The van der Waals surface area contributed by atoms with E-state index in [9.17, 15) is 13.2 Å². The van der Waals surface area contributed by atoms with Crippen LogP contribution in [0, 0.1) is 0 Å². The van der Waals surface area contributed by atoms with Crippen LogP contribution in [0.3, 0.4) is 0 Å². The Morgan fingerprint density at radius 3 is 2.80 bits per heavy atom. The van der Waals surface area contributed by atoms with Crippen molar-refractivity contribution in [3.05, 3.63) is 48.8 Å². The molecule has 5 heterocycles. The first-order valence-corrected chi connectivity index (χ1v) is 9.24. The molecule has 0 saturated carbocycles. The van der Waals surface area contributed by atoms with Crippen LogP contribution in [0.1, 0.15) is 30.3 Å². The molecular formula is C18H15F3N8O. The summed E-state index contributed by atoms with van der Waals surface area (Å²) in [6, 6.07) is 1.77. The van der Waals surface area contributed by atoms with Gasteiger partial charge < -0.3 is 9.42 Å². The largest absolute Gasteiger partial charge is 0.434 e. The summed E-state index contributed by atoms with van der Waals surface area (Å²) in [6.45, 7) is 1.43. The molecule has 1 fully saturated rings. The first-order chi connectivity index (χ1) is 14.5. The molecule has 0 amide bonds. The van der Waals surface area contributed by atoms with Crippen LogP contribution in [0.4, 0.5) is 19.0 Å². The molecule has 1 unspecified atom stereocenters. The van der Waals surface area contributed by atoms with E-state index in [0.717, 1.165) is 31.8 Å². The van der Waals surface area contributed by atoms with Gasteiger partial charge in [0.05, 0.1) is 18.3 Å². The molecule has 5 rings (SSSR count). The first kappa shape index (κ1) is 18.5. The number of fused-ring (bicyclic) bond motifs is 1. The van der Waals surface area contributed by atoms with Crippen LogP contribution in [-0.4, -0.2) is 47.6 Å². The number of imidazole rings is 1. The lowest BCUT2D eigenvalue weighted by Crippen LogP contribution is -2.35. The summed E-state index contributed by atoms with van der Waals surface area (Å²) in [5, 5.41) is 3.67. The fourth-order valence-corrected chi connectivity index (χ4v) is 3.60. The molecule has 0 bridgehead atoms. The lowest BCUT2D eigenvalue weighted by Gasteiger charge is -2.31. The Bertz CT molecular complexity index is 1170. The van der Waals surface area contributed by atoms with Gasteiger partial charge >= 0.3 is 6.18 Å². The van der Waals surface area contributed by atoms with Crippen molar-refractivity contribution in [1.29, 1.82) is 0 Å². The van der Waals surface area contributed by atoms with E-state index in [1.54, 1.807) is 12.3 Å². The molecule has 1 aliphatic rings. The summed E-state index contributed by atoms with van der Waals surface area (Å²) < 4.78 is 45.7. The summed E-state index contributed by atoms with van der Waals surface area (Å²) in [6.07, 6.45) is 3.67. The molecule has 0 spiro atoms. The van der Waals surface area contributed by atoms with Gasteiger partial charge in [-0.3, -0.25) is 4.40 Å². The maximum Gasteiger partial charge on any atom is 0.434 e. The highest BCUT2D eigenvalue weighted by Gasteiger charge is 2.33. The summed E-state index contributed by atoms with van der Waals surface area (Å²) in [5.74, 6) is 1.63. The summed E-state index contributed by atoms with van der Waals surface area (Å²) in [7, 11) is 0. The summed E-state index contributed by atoms with van der Waals surface area (Å²) in [4.78, 5) is 22.6. The highest BCUT2D eigenvalue weighted by Crippen LogP contribution is 2.30. The Hall–Kier alpha value is -3.57. The smallest absolute Gasteiger partial charge is 0.356 e. The maximum atomic E-state index is 13.1. The van der Waals surface area contributed by atoms with Crippen LogP contribution in [0.15, 0.2) is 41.7 Å². The van der Waals surface area contributed by atoms with Gasteiger partial charge in [-0.05, 0) is 18.9 Å². The lowest BCUT2D eigenvalue weighted by molar-refractivity contribution is -0.141. The first-order valence-electron chi connectivity index (χ1n) is 9.24. The van der Waals surface area contributed by atoms with Crippen molar-refractivity contribution < 1.29 is 17.7 Å². The van der Waals surface area contributed by atoms with E-state index < -0.39 is 11.9 Å². The predicted molar refractivity (Wildman–Crippen MR) is 97.5 cm³/mol. The van der Waals surface area contributed by atoms with Crippen molar-refractivity contribution in [2.24, 2.45) is 0 Å². The minimum Gasteiger partial charge on any atom is -0.356 e. The van der Waals surface area contributed by atoms with Gasteiger partial charge in [-0.2, -0.15) is 18.2 Å². The summed E-state index contributed by atoms with van der Waals surface area (Å²) in [5.41, 5.74) is -0.379. The number of halogens is 3. The molecule has 0 aliphatic carbocycles. The van der Waals surface area contributed by atoms with Crippen molar-refractivity contribution in [3.63, 3.8) is 0 Å². The second-order valence-electron chi connectivity index (χ2n) is 6.95. The molecule has 0 N–H and O–H groups in total. The molecule has 1 atom stereocenters. The Kier molecular flexibility index (Phi) is 4.33. The van der Waals surface area contributed by atoms with Crippen molar-refractivity contribution in [2.75, 3.05) is 18.0 Å². The molecule has 12 heteroatoms. The number of nitrogens with zero attached hydrogens (tertiary/aromatic N) is 8. The Morgan fingerprint density at radius 2 is 2.00 bits per heavy atom. The SMILES string of the molecule is FC(F)(F)c1cn2c(-c3nccc(N4CCCC(c5ncno5)C4)n3)cnc2cn1. The number of hydrogen-bond donors (Lipinski definition) is 0. The maximum absolute atomic E-state index is 13.1. The summed E-state index contributed by atoms with van der Waals surface area (Å²) >= 11 is 0. The zero-order valence-corrected chi connectivity index (χ0v) is 15.5. The quantitative estimate of drug-likeness (QED) is 0.503. The van der Waals surface area contributed by atoms with Crippen LogP contribution in [0.2, 0.25) is 0 Å². The van der Waals surface area contributed by atoms with E-state index in [2.05, 4.69) is 35.0 Å². The lowest BCUT2D eigenvalue weighted by atomic mass is 9.98. The number of aromatic nitrogens is 7. The van der Waals surface area contributed by atoms with Crippen molar-refractivity contribution in [1.82, 2.24) is 34.5 Å². The third-order valence-electron chi connectivity index (χ3n) is 5.03. The van der Waals surface area contributed by atoms with Gasteiger partial charge in [0.15, 0.2) is 23.5 Å². The molecule has 30 heavy (non-hydrogen) atoms. The average molecular weight is 416 g/mol. The molecule has 1 aliphatic heterocycles. The molecule has 0 radical (unpaired) electrons.